The molecule has 2 heterocycles. The number of carbonyl (C=O) groups is 2. The van der Waals surface area contributed by atoms with Gasteiger partial charge in [0.15, 0.2) is 5.58 Å². The van der Waals surface area contributed by atoms with Crippen LogP contribution in [-0.4, -0.2) is 31.1 Å². The Morgan fingerprint density at radius 3 is 2.33 bits per heavy atom. The molecule has 1 aromatic heterocycles. The number of ether oxygens (including phenoxy) is 2. The molecule has 1 aliphatic rings. The summed E-state index contributed by atoms with van der Waals surface area (Å²) in [6, 6.07) is 23.7. The van der Waals surface area contributed by atoms with Gasteiger partial charge in [-0.3, -0.25) is 4.90 Å². The van der Waals surface area contributed by atoms with Gasteiger partial charge in [-0.1, -0.05) is 48.0 Å². The number of hydrogen-bond donors (Lipinski definition) is 1. The second-order valence-corrected chi connectivity index (χ2v) is 8.87. The maximum absolute atomic E-state index is 13.3. The molecule has 194 valence electrons. The van der Waals surface area contributed by atoms with Crippen molar-refractivity contribution in [1.29, 1.82) is 5.26 Å². The fourth-order valence-electron chi connectivity index (χ4n) is 4.66. The lowest BCUT2D eigenvalue weighted by molar-refractivity contribution is -0.139. The summed E-state index contributed by atoms with van der Waals surface area (Å²) in [5, 5.41) is 10.2. The Hall–Kier alpha value is -5.36. The molecule has 0 saturated carbocycles. The molecule has 1 atom stereocenters. The molecule has 0 aliphatic carbocycles. The summed E-state index contributed by atoms with van der Waals surface area (Å²) in [6.45, 7) is 1.99. The van der Waals surface area contributed by atoms with Crippen molar-refractivity contribution < 1.29 is 23.5 Å². The number of rotatable bonds is 5. The second kappa shape index (κ2) is 10.2. The Morgan fingerprint density at radius 2 is 1.69 bits per heavy atom. The van der Waals surface area contributed by atoms with E-state index in [0.29, 0.717) is 28.2 Å². The Morgan fingerprint density at radius 1 is 1.00 bits per heavy atom. The minimum absolute atomic E-state index is 0.0268. The molecule has 9 heteroatoms. The first-order valence-electron chi connectivity index (χ1n) is 12.0. The highest BCUT2D eigenvalue weighted by molar-refractivity contribution is 6.06. The Labute approximate surface area is 224 Å². The van der Waals surface area contributed by atoms with Gasteiger partial charge in [0.05, 0.1) is 43.0 Å². The maximum Gasteiger partial charge on any atom is 0.355 e. The Kier molecular flexibility index (Phi) is 6.61. The van der Waals surface area contributed by atoms with Crippen LogP contribution in [0.15, 0.2) is 99.9 Å². The van der Waals surface area contributed by atoms with Crippen molar-refractivity contribution in [2.24, 2.45) is 5.73 Å². The zero-order valence-electron chi connectivity index (χ0n) is 21.5. The number of nitrogens with zero attached hydrogens (tertiary/aromatic N) is 3. The van der Waals surface area contributed by atoms with Gasteiger partial charge >= 0.3 is 11.9 Å². The Balaban J connectivity index is 1.73. The van der Waals surface area contributed by atoms with Crippen LogP contribution < -0.4 is 10.6 Å². The number of esters is 2. The van der Waals surface area contributed by atoms with E-state index in [1.807, 2.05) is 31.2 Å². The predicted octanol–water partition coefficient (Wildman–Crippen LogP) is 4.70. The number of methoxy groups -OCH3 is 2. The number of anilines is 1. The van der Waals surface area contributed by atoms with E-state index < -0.39 is 17.9 Å². The highest BCUT2D eigenvalue weighted by Crippen LogP contribution is 2.43. The second-order valence-electron chi connectivity index (χ2n) is 8.87. The van der Waals surface area contributed by atoms with Crippen LogP contribution in [0.2, 0.25) is 0 Å². The van der Waals surface area contributed by atoms with E-state index in [2.05, 4.69) is 11.1 Å². The fraction of sp³-hybridized carbons (Fsp3) is 0.133. The lowest BCUT2D eigenvalue weighted by Gasteiger charge is -2.35. The molecule has 1 unspecified atom stereocenters. The van der Waals surface area contributed by atoms with Crippen molar-refractivity contribution in [3.63, 3.8) is 0 Å². The van der Waals surface area contributed by atoms with Crippen molar-refractivity contribution in [3.05, 3.63) is 107 Å². The molecule has 1 aliphatic heterocycles. The predicted molar refractivity (Wildman–Crippen MR) is 144 cm³/mol. The van der Waals surface area contributed by atoms with Crippen LogP contribution in [0.4, 0.5) is 5.69 Å². The average molecular weight is 521 g/mol. The molecule has 0 spiro atoms. The van der Waals surface area contributed by atoms with Crippen LogP contribution in [0, 0.1) is 18.3 Å². The molecule has 9 nitrogen and oxygen atoms in total. The summed E-state index contributed by atoms with van der Waals surface area (Å²) in [6.07, 6.45) is 0. The summed E-state index contributed by atoms with van der Waals surface area (Å²) in [4.78, 5) is 32.4. The number of benzene rings is 3. The number of aryl methyl sites for hydroxylation is 1. The summed E-state index contributed by atoms with van der Waals surface area (Å²) in [7, 11) is 2.41. The molecule has 39 heavy (non-hydrogen) atoms. The van der Waals surface area contributed by atoms with Crippen molar-refractivity contribution in [2.45, 2.75) is 12.8 Å². The van der Waals surface area contributed by atoms with Crippen LogP contribution in [0.5, 0.6) is 0 Å². The molecule has 0 amide bonds. The van der Waals surface area contributed by atoms with Crippen molar-refractivity contribution in [2.75, 3.05) is 19.1 Å². The highest BCUT2D eigenvalue weighted by Gasteiger charge is 2.43. The average Bonchev–Trinajstić information content (AvgIpc) is 3.40. The van der Waals surface area contributed by atoms with Crippen LogP contribution in [0.3, 0.4) is 0 Å². The SMILES string of the molecule is COC(=O)C1=C(C(=O)OC)N(c2ccc3oc(-c4ccc(C)cc4)nc3c2)C(N)=C(C#N)C1c1ccccc1. The van der Waals surface area contributed by atoms with Crippen molar-refractivity contribution in [1.82, 2.24) is 4.98 Å². The van der Waals surface area contributed by atoms with Crippen LogP contribution in [-0.2, 0) is 19.1 Å². The molecular weight excluding hydrogens is 496 g/mol. The molecule has 0 fully saturated rings. The fourth-order valence-corrected chi connectivity index (χ4v) is 4.66. The lowest BCUT2D eigenvalue weighted by Crippen LogP contribution is -2.40. The van der Waals surface area contributed by atoms with Gasteiger partial charge in [-0.2, -0.15) is 5.26 Å². The standard InChI is InChI=1S/C30H24N4O5/c1-17-9-11-19(12-10-17)28-33-22-15-20(13-14-23(22)39-28)34-26(30(36)38-3)25(29(35)37-2)24(21(16-31)27(34)32)18-7-5-4-6-8-18/h4-15,24H,32H2,1-3H3. The van der Waals surface area contributed by atoms with E-state index >= 15 is 0 Å². The van der Waals surface area contributed by atoms with Gasteiger partial charge in [-0.25, -0.2) is 14.6 Å². The van der Waals surface area contributed by atoms with Gasteiger partial charge in [-0.15, -0.1) is 0 Å². The largest absolute Gasteiger partial charge is 0.466 e. The highest BCUT2D eigenvalue weighted by atomic mass is 16.5. The van der Waals surface area contributed by atoms with Crippen LogP contribution >= 0.6 is 0 Å². The quantitative estimate of drug-likeness (QED) is 0.372. The molecule has 3 aromatic carbocycles. The zero-order chi connectivity index (χ0) is 27.7. The van der Waals surface area contributed by atoms with Crippen LogP contribution in [0.1, 0.15) is 17.0 Å². The number of hydrogen-bond acceptors (Lipinski definition) is 9. The number of nitrogens with two attached hydrogens (primary N) is 1. The van der Waals surface area contributed by atoms with E-state index in [4.69, 9.17) is 19.6 Å². The Bertz CT molecular complexity index is 1690. The number of carbonyl (C=O) groups excluding carboxylic acids is 2. The number of fused-ring (bicyclic) bond motifs is 1. The first kappa shape index (κ1) is 25.3. The summed E-state index contributed by atoms with van der Waals surface area (Å²) in [5.74, 6) is -2.17. The lowest BCUT2D eigenvalue weighted by atomic mass is 9.81. The third kappa shape index (κ3) is 4.38. The number of allylic oxidation sites excluding steroid dienone is 1. The first-order valence-corrected chi connectivity index (χ1v) is 12.0. The smallest absolute Gasteiger partial charge is 0.355 e. The van der Waals surface area contributed by atoms with E-state index in [1.54, 1.807) is 48.5 Å². The van der Waals surface area contributed by atoms with E-state index in [9.17, 15) is 14.9 Å². The van der Waals surface area contributed by atoms with Gasteiger partial charge in [0.25, 0.3) is 0 Å². The maximum atomic E-state index is 13.3. The minimum atomic E-state index is -0.946. The van der Waals surface area contributed by atoms with Gasteiger partial charge < -0.3 is 19.6 Å². The topological polar surface area (TPSA) is 132 Å². The van der Waals surface area contributed by atoms with Crippen molar-refractivity contribution in [3.8, 4) is 17.5 Å². The minimum Gasteiger partial charge on any atom is -0.466 e. The molecular formula is C30H24N4O5. The van der Waals surface area contributed by atoms with E-state index in [-0.39, 0.29) is 22.7 Å². The third-order valence-corrected chi connectivity index (χ3v) is 6.54. The number of aromatic nitrogens is 1. The van der Waals surface area contributed by atoms with E-state index in [1.165, 1.54) is 19.1 Å². The third-order valence-electron chi connectivity index (χ3n) is 6.54. The summed E-state index contributed by atoms with van der Waals surface area (Å²) in [5.41, 5.74) is 10.3. The molecule has 5 rings (SSSR count). The number of oxazole rings is 1. The summed E-state index contributed by atoms with van der Waals surface area (Å²) >= 11 is 0. The van der Waals surface area contributed by atoms with Crippen molar-refractivity contribution >= 4 is 28.7 Å². The van der Waals surface area contributed by atoms with Gasteiger partial charge in [0.2, 0.25) is 5.89 Å². The zero-order valence-corrected chi connectivity index (χ0v) is 21.5. The molecule has 0 radical (unpaired) electrons. The summed E-state index contributed by atoms with van der Waals surface area (Å²) < 4.78 is 16.1. The van der Waals surface area contributed by atoms with Gasteiger partial charge in [-0.05, 0) is 42.8 Å². The molecule has 2 N–H and O–H groups in total. The molecule has 4 aromatic rings. The van der Waals surface area contributed by atoms with Gasteiger partial charge in [0, 0.05) is 5.56 Å². The number of nitriles is 1. The normalized spacial score (nSPS) is 15.3. The molecule has 0 bridgehead atoms. The van der Waals surface area contributed by atoms with E-state index in [0.717, 1.165) is 11.1 Å². The molecule has 0 saturated heterocycles. The monoisotopic (exact) mass is 520 g/mol. The van der Waals surface area contributed by atoms with Crippen LogP contribution in [0.25, 0.3) is 22.6 Å². The van der Waals surface area contributed by atoms with Gasteiger partial charge in [0.1, 0.15) is 17.0 Å². The first-order chi connectivity index (χ1) is 18.9.